The van der Waals surface area contributed by atoms with E-state index in [0.717, 1.165) is 104 Å². The number of benzene rings is 2. The second kappa shape index (κ2) is 14.1. The second-order valence-electron chi connectivity index (χ2n) is 14.0. The zero-order chi connectivity index (χ0) is 33.2. The highest BCUT2D eigenvalue weighted by Crippen LogP contribution is 2.50. The van der Waals surface area contributed by atoms with Crippen LogP contribution in [0.2, 0.25) is 0 Å². The van der Waals surface area contributed by atoms with Crippen LogP contribution in [0.1, 0.15) is 69.1 Å². The van der Waals surface area contributed by atoms with Crippen LogP contribution in [0.25, 0.3) is 0 Å². The summed E-state index contributed by atoms with van der Waals surface area (Å²) in [5, 5.41) is 0. The Labute approximate surface area is 280 Å². The van der Waals surface area contributed by atoms with Crippen molar-refractivity contribution < 1.29 is 33.2 Å². The molecule has 1 amide bonds. The highest BCUT2D eigenvalue weighted by molar-refractivity contribution is 5.83. The summed E-state index contributed by atoms with van der Waals surface area (Å²) < 4.78 is 34.8. The number of rotatable bonds is 10. The lowest BCUT2D eigenvalue weighted by molar-refractivity contribution is -0.172. The summed E-state index contributed by atoms with van der Waals surface area (Å²) in [7, 11) is 6.77. The Kier molecular flexibility index (Phi) is 10.1. The van der Waals surface area contributed by atoms with Crippen LogP contribution >= 0.6 is 0 Å². The summed E-state index contributed by atoms with van der Waals surface area (Å²) in [5.74, 6) is 3.20. The molecule has 0 saturated carbocycles. The van der Waals surface area contributed by atoms with E-state index in [1.54, 1.807) is 28.4 Å². The van der Waals surface area contributed by atoms with Crippen molar-refractivity contribution in [2.24, 2.45) is 5.92 Å². The first kappa shape index (κ1) is 33.6. The van der Waals surface area contributed by atoms with Crippen LogP contribution in [0.5, 0.6) is 23.0 Å². The maximum absolute atomic E-state index is 14.7. The molecule has 2 aromatic carbocycles. The van der Waals surface area contributed by atoms with Crippen LogP contribution in [0.3, 0.4) is 0 Å². The highest BCUT2D eigenvalue weighted by Gasteiger charge is 2.52. The number of amides is 1. The lowest BCUT2D eigenvalue weighted by Gasteiger charge is -2.55. The van der Waals surface area contributed by atoms with Gasteiger partial charge >= 0.3 is 0 Å². The number of ether oxygens (including phenoxy) is 6. The summed E-state index contributed by atoms with van der Waals surface area (Å²) in [6.07, 6.45) is 8.51. The quantitative estimate of drug-likeness (QED) is 0.295. The summed E-state index contributed by atoms with van der Waals surface area (Å²) in [4.78, 5) is 19.3. The molecule has 1 spiro atoms. The smallest absolute Gasteiger partial charge is 0.227 e. The van der Waals surface area contributed by atoms with Crippen molar-refractivity contribution in [2.45, 2.75) is 82.6 Å². The number of carbonyl (C=O) groups excluding carboxylic acids is 1. The molecule has 47 heavy (non-hydrogen) atoms. The Balaban J connectivity index is 1.33. The number of fused-ring (bicyclic) bond motifs is 4. The zero-order valence-electron chi connectivity index (χ0n) is 29.1. The first-order valence-electron chi connectivity index (χ1n) is 17.2. The first-order chi connectivity index (χ1) is 22.7. The number of carbonyl (C=O) groups is 1. The number of allylic oxidation sites excluding steroid dienone is 1. The van der Waals surface area contributed by atoms with Gasteiger partial charge in [0.15, 0.2) is 6.29 Å². The Morgan fingerprint density at radius 1 is 0.872 bits per heavy atom. The topological polar surface area (TPSA) is 78.9 Å². The molecule has 256 valence electrons. The van der Waals surface area contributed by atoms with E-state index in [1.807, 2.05) is 12.1 Å². The number of likely N-dealkylation sites (tertiary alicyclic amines) is 2. The van der Waals surface area contributed by atoms with Crippen molar-refractivity contribution in [3.05, 3.63) is 58.7 Å². The summed E-state index contributed by atoms with van der Waals surface area (Å²) in [6, 6.07) is 10.1. The molecule has 1 aliphatic carbocycles. The molecule has 2 bridgehead atoms. The molecule has 2 atom stereocenters. The van der Waals surface area contributed by atoms with E-state index < -0.39 is 0 Å². The normalized spacial score (nSPS) is 24.9. The maximum Gasteiger partial charge on any atom is 0.227 e. The van der Waals surface area contributed by atoms with Gasteiger partial charge in [-0.15, -0.1) is 0 Å². The van der Waals surface area contributed by atoms with Gasteiger partial charge in [0.2, 0.25) is 5.91 Å². The van der Waals surface area contributed by atoms with Crippen LogP contribution in [-0.2, 0) is 32.6 Å². The van der Waals surface area contributed by atoms with Crippen LogP contribution < -0.4 is 18.9 Å². The number of methoxy groups -OCH3 is 4. The van der Waals surface area contributed by atoms with E-state index >= 15 is 0 Å². The number of hydrogen-bond acceptors (Lipinski definition) is 8. The van der Waals surface area contributed by atoms with E-state index in [0.29, 0.717) is 19.6 Å². The van der Waals surface area contributed by atoms with Crippen molar-refractivity contribution in [1.29, 1.82) is 0 Å². The lowest BCUT2D eigenvalue weighted by Crippen LogP contribution is -2.64. The molecule has 3 heterocycles. The summed E-state index contributed by atoms with van der Waals surface area (Å²) in [5.41, 5.74) is 4.09. The Hall–Kier alpha value is -3.27. The monoisotopic (exact) mass is 648 g/mol. The van der Waals surface area contributed by atoms with Gasteiger partial charge in [0.05, 0.1) is 40.6 Å². The van der Waals surface area contributed by atoms with E-state index in [2.05, 4.69) is 47.9 Å². The molecule has 6 rings (SSSR count). The minimum absolute atomic E-state index is 0.160. The van der Waals surface area contributed by atoms with Crippen molar-refractivity contribution in [2.75, 3.05) is 61.3 Å². The van der Waals surface area contributed by atoms with Gasteiger partial charge in [0.1, 0.15) is 23.0 Å². The standard InChI is InChI=1S/C38H52N2O7/c1-37(2)24-29-20-28(19-27-21-32(44-5)23-33(45-6)35(27)37)36(41)40(14-16-47-34-9-7-8-15-46-34)38(29)10-12-39(13-11-38)25-26-17-30(42-3)22-31(18-26)43-4/h17-18,21-24,28,34H,7-16,19-20,25H2,1-6H3/b29-24+/t28-,34?/m1/s1. The van der Waals surface area contributed by atoms with Crippen molar-refractivity contribution in [3.63, 3.8) is 0 Å². The average molecular weight is 649 g/mol. The molecule has 9 heteroatoms. The van der Waals surface area contributed by atoms with Crippen LogP contribution in [0, 0.1) is 5.92 Å². The summed E-state index contributed by atoms with van der Waals surface area (Å²) in [6.45, 7) is 8.84. The largest absolute Gasteiger partial charge is 0.497 e. The Morgan fingerprint density at radius 2 is 1.57 bits per heavy atom. The molecule has 3 saturated heterocycles. The van der Waals surface area contributed by atoms with E-state index in [-0.39, 0.29) is 29.1 Å². The van der Waals surface area contributed by atoms with Crippen LogP contribution in [-0.4, -0.2) is 88.8 Å². The molecule has 9 nitrogen and oxygen atoms in total. The fourth-order valence-electron chi connectivity index (χ4n) is 8.42. The van der Waals surface area contributed by atoms with Crippen molar-refractivity contribution in [3.8, 4) is 23.0 Å². The van der Waals surface area contributed by atoms with Gasteiger partial charge in [-0.3, -0.25) is 9.69 Å². The molecule has 2 aromatic rings. The fourth-order valence-corrected chi connectivity index (χ4v) is 8.42. The van der Waals surface area contributed by atoms with Gasteiger partial charge in [-0.2, -0.15) is 0 Å². The molecule has 0 radical (unpaired) electrons. The van der Waals surface area contributed by atoms with Gasteiger partial charge in [0, 0.05) is 61.8 Å². The molecule has 0 aromatic heterocycles. The van der Waals surface area contributed by atoms with Gasteiger partial charge in [-0.25, -0.2) is 0 Å². The molecule has 1 unspecified atom stereocenters. The van der Waals surface area contributed by atoms with Gasteiger partial charge < -0.3 is 33.3 Å². The van der Waals surface area contributed by atoms with Crippen LogP contribution in [0.4, 0.5) is 0 Å². The average Bonchev–Trinajstić information content (AvgIpc) is 3.08. The van der Waals surface area contributed by atoms with Gasteiger partial charge in [-0.1, -0.05) is 19.9 Å². The van der Waals surface area contributed by atoms with E-state index in [4.69, 9.17) is 28.4 Å². The molecule has 3 fully saturated rings. The van der Waals surface area contributed by atoms with Gasteiger partial charge in [0.25, 0.3) is 0 Å². The van der Waals surface area contributed by atoms with Crippen LogP contribution in [0.15, 0.2) is 42.0 Å². The Morgan fingerprint density at radius 3 is 2.21 bits per heavy atom. The third-order valence-corrected chi connectivity index (χ3v) is 10.7. The fraction of sp³-hybridized carbons (Fsp3) is 0.605. The Bertz CT molecular complexity index is 1430. The minimum atomic E-state index is -0.374. The maximum atomic E-state index is 14.7. The predicted molar refractivity (Wildman–Crippen MR) is 181 cm³/mol. The highest BCUT2D eigenvalue weighted by atomic mass is 16.7. The number of hydrogen-bond donors (Lipinski definition) is 0. The van der Waals surface area contributed by atoms with Gasteiger partial charge in [-0.05, 0) is 79.8 Å². The van der Waals surface area contributed by atoms with Crippen molar-refractivity contribution >= 4 is 5.91 Å². The number of nitrogens with zero attached hydrogens (tertiary/aromatic N) is 2. The third kappa shape index (κ3) is 6.85. The third-order valence-electron chi connectivity index (χ3n) is 10.7. The molecule has 0 N–H and O–H groups in total. The lowest BCUT2D eigenvalue weighted by atomic mass is 9.65. The molecule has 3 aliphatic heterocycles. The number of piperidine rings is 2. The van der Waals surface area contributed by atoms with E-state index in [9.17, 15) is 4.79 Å². The summed E-state index contributed by atoms with van der Waals surface area (Å²) >= 11 is 0. The zero-order valence-corrected chi connectivity index (χ0v) is 29.1. The second-order valence-corrected chi connectivity index (χ2v) is 14.0. The SMILES string of the molecule is COc1cc(CN2CCC3(CC2)/C2=C/C(C)(C)c4c(cc(OC)cc4OC)C[C@H](C2)C(=O)N3CCOC2CCCCO2)cc(OC)c1. The first-order valence-corrected chi connectivity index (χ1v) is 17.2. The van der Waals surface area contributed by atoms with Crippen molar-refractivity contribution in [1.82, 2.24) is 9.80 Å². The minimum Gasteiger partial charge on any atom is -0.497 e. The van der Waals surface area contributed by atoms with E-state index in [1.165, 1.54) is 5.57 Å². The molecule has 4 aliphatic rings. The predicted octanol–water partition coefficient (Wildman–Crippen LogP) is 5.91. The molecular weight excluding hydrogens is 596 g/mol. The molecular formula is C38H52N2O7.